The predicted molar refractivity (Wildman–Crippen MR) is 141 cm³/mol. The Bertz CT molecular complexity index is 827. The lowest BCUT2D eigenvalue weighted by molar-refractivity contribution is 0.436. The number of nitriles is 2. The monoisotopic (exact) mass is 461 g/mol. The molecular formula is C30H43N3O. The molecule has 0 bridgehead atoms. The van der Waals surface area contributed by atoms with Gasteiger partial charge in [0.1, 0.15) is 17.7 Å². The minimum atomic E-state index is 0.0782. The Morgan fingerprint density at radius 1 is 0.765 bits per heavy atom. The molecule has 2 rings (SSSR count). The zero-order chi connectivity index (χ0) is 24.3. The van der Waals surface area contributed by atoms with Crippen LogP contribution in [0.3, 0.4) is 0 Å². The van der Waals surface area contributed by atoms with Crippen LogP contribution in [0.4, 0.5) is 5.69 Å². The van der Waals surface area contributed by atoms with Gasteiger partial charge in [0, 0.05) is 12.6 Å². The third-order valence-corrected chi connectivity index (χ3v) is 6.51. The molecule has 0 amide bonds. The summed E-state index contributed by atoms with van der Waals surface area (Å²) in [5.74, 6) is 1.51. The van der Waals surface area contributed by atoms with Crippen LogP contribution in [0.5, 0.6) is 5.75 Å². The molecule has 0 atom stereocenters. The summed E-state index contributed by atoms with van der Waals surface area (Å²) in [6.45, 7) is 3.16. The minimum absolute atomic E-state index is 0.0782. The fourth-order valence-corrected chi connectivity index (χ4v) is 4.48. The van der Waals surface area contributed by atoms with Gasteiger partial charge in [-0.15, -0.1) is 0 Å². The molecule has 0 unspecified atom stereocenters. The van der Waals surface area contributed by atoms with Crippen LogP contribution in [-0.4, -0.2) is 6.54 Å². The maximum absolute atomic E-state index is 8.97. The van der Waals surface area contributed by atoms with E-state index in [0.717, 1.165) is 24.4 Å². The first-order valence-corrected chi connectivity index (χ1v) is 13.6. The summed E-state index contributed by atoms with van der Waals surface area (Å²) in [4.78, 5) is 2.15. The molecule has 1 aliphatic rings. The summed E-state index contributed by atoms with van der Waals surface area (Å²) in [6, 6.07) is 11.8. The molecule has 0 aliphatic carbocycles. The van der Waals surface area contributed by atoms with Gasteiger partial charge in [0.15, 0.2) is 5.75 Å². The van der Waals surface area contributed by atoms with Crippen molar-refractivity contribution >= 4 is 5.69 Å². The summed E-state index contributed by atoms with van der Waals surface area (Å²) in [6.07, 6.45) is 25.0. The van der Waals surface area contributed by atoms with E-state index >= 15 is 0 Å². The second-order valence-corrected chi connectivity index (χ2v) is 9.33. The maximum Gasteiger partial charge on any atom is 0.200 e. The molecule has 1 aromatic rings. The van der Waals surface area contributed by atoms with Crippen molar-refractivity contribution in [2.45, 2.75) is 110 Å². The summed E-state index contributed by atoms with van der Waals surface area (Å²) in [7, 11) is 0. The lowest BCUT2D eigenvalue weighted by atomic mass is 10.0. The van der Waals surface area contributed by atoms with E-state index < -0.39 is 0 Å². The number of benzene rings is 1. The van der Waals surface area contributed by atoms with Gasteiger partial charge in [0.2, 0.25) is 5.88 Å². The van der Waals surface area contributed by atoms with Gasteiger partial charge in [0.05, 0.1) is 5.69 Å². The van der Waals surface area contributed by atoms with Gasteiger partial charge in [-0.05, 0) is 24.6 Å². The molecule has 4 heteroatoms. The molecule has 0 N–H and O–H groups in total. The average Bonchev–Trinajstić information content (AvgIpc) is 3.21. The maximum atomic E-state index is 8.97. The van der Waals surface area contributed by atoms with E-state index in [1.807, 2.05) is 30.3 Å². The molecule has 1 aliphatic heterocycles. The van der Waals surface area contributed by atoms with Crippen LogP contribution in [0.25, 0.3) is 0 Å². The number of fused-ring (bicyclic) bond motifs is 1. The first-order chi connectivity index (χ1) is 16.8. The summed E-state index contributed by atoms with van der Waals surface area (Å²) in [5, 5.41) is 17.9. The van der Waals surface area contributed by atoms with Crippen molar-refractivity contribution in [2.24, 2.45) is 0 Å². The standard InChI is InChI=1S/C30H43N3O/c1-2-3-4-5-6-7-8-9-10-11-12-13-14-15-16-19-24-33-28-20-17-18-21-29(28)34-30(33)23-22-27(25-31)26-32/h17-18,20-23H,2-16,19,24H2,1H3/b30-23+. The van der Waals surface area contributed by atoms with Gasteiger partial charge in [-0.1, -0.05) is 115 Å². The van der Waals surface area contributed by atoms with Crippen molar-refractivity contribution in [3.63, 3.8) is 0 Å². The first-order valence-electron chi connectivity index (χ1n) is 13.6. The first kappa shape index (κ1) is 27.5. The SMILES string of the molecule is CCCCCCCCCCCCCCCCCCN1/C(=C\C=C(C#N)C#N)Oc2ccccc21. The van der Waals surface area contributed by atoms with Crippen LogP contribution >= 0.6 is 0 Å². The highest BCUT2D eigenvalue weighted by atomic mass is 16.5. The number of allylic oxidation sites excluding steroid dienone is 3. The Hall–Kier alpha value is -2.72. The quantitative estimate of drug-likeness (QED) is 0.162. The molecule has 0 saturated carbocycles. The van der Waals surface area contributed by atoms with E-state index in [2.05, 4.69) is 17.9 Å². The van der Waals surface area contributed by atoms with Crippen molar-refractivity contribution in [1.29, 1.82) is 10.5 Å². The molecule has 4 nitrogen and oxygen atoms in total. The molecule has 0 aromatic heterocycles. The van der Waals surface area contributed by atoms with E-state index in [4.69, 9.17) is 15.3 Å². The number of hydrogen-bond acceptors (Lipinski definition) is 4. The van der Waals surface area contributed by atoms with Gasteiger partial charge < -0.3 is 9.64 Å². The third kappa shape index (κ3) is 10.5. The fraction of sp³-hybridized carbons (Fsp3) is 0.600. The highest BCUT2D eigenvalue weighted by molar-refractivity contribution is 5.66. The molecule has 0 saturated heterocycles. The Labute approximate surface area is 207 Å². The molecule has 1 aromatic carbocycles. The molecule has 0 radical (unpaired) electrons. The Kier molecular flexibility index (Phi) is 14.3. The highest BCUT2D eigenvalue weighted by Crippen LogP contribution is 2.38. The van der Waals surface area contributed by atoms with E-state index in [1.54, 1.807) is 6.08 Å². The molecule has 0 fully saturated rings. The normalized spacial score (nSPS) is 13.3. The fourth-order valence-electron chi connectivity index (χ4n) is 4.48. The number of hydrogen-bond donors (Lipinski definition) is 0. The minimum Gasteiger partial charge on any atom is -0.439 e. The van der Waals surface area contributed by atoms with Crippen molar-refractivity contribution < 1.29 is 4.74 Å². The molecule has 0 spiro atoms. The Balaban J connectivity index is 1.56. The topological polar surface area (TPSA) is 60.0 Å². The number of rotatable bonds is 18. The van der Waals surface area contributed by atoms with Gasteiger partial charge in [-0.2, -0.15) is 10.5 Å². The second kappa shape index (κ2) is 17.7. The Morgan fingerprint density at radius 2 is 1.26 bits per heavy atom. The van der Waals surface area contributed by atoms with Crippen LogP contribution in [0.15, 0.2) is 47.9 Å². The average molecular weight is 462 g/mol. The number of unbranched alkanes of at least 4 members (excludes halogenated alkanes) is 15. The number of para-hydroxylation sites is 2. The number of ether oxygens (including phenoxy) is 1. The molecule has 1 heterocycles. The van der Waals surface area contributed by atoms with Gasteiger partial charge in [0.25, 0.3) is 0 Å². The van der Waals surface area contributed by atoms with Crippen LogP contribution < -0.4 is 9.64 Å². The smallest absolute Gasteiger partial charge is 0.200 e. The molecule has 34 heavy (non-hydrogen) atoms. The van der Waals surface area contributed by atoms with Gasteiger partial charge in [-0.25, -0.2) is 0 Å². The van der Waals surface area contributed by atoms with E-state index in [1.165, 1.54) is 102 Å². The largest absolute Gasteiger partial charge is 0.439 e. The van der Waals surface area contributed by atoms with Gasteiger partial charge >= 0.3 is 0 Å². The molecular weight excluding hydrogens is 418 g/mol. The van der Waals surface area contributed by atoms with Crippen molar-refractivity contribution in [1.82, 2.24) is 0 Å². The summed E-state index contributed by atoms with van der Waals surface area (Å²) in [5.41, 5.74) is 1.13. The second-order valence-electron chi connectivity index (χ2n) is 9.33. The summed E-state index contributed by atoms with van der Waals surface area (Å²) < 4.78 is 5.96. The third-order valence-electron chi connectivity index (χ3n) is 6.51. The predicted octanol–water partition coefficient (Wildman–Crippen LogP) is 8.96. The highest BCUT2D eigenvalue weighted by Gasteiger charge is 2.24. The van der Waals surface area contributed by atoms with Crippen molar-refractivity contribution in [3.05, 3.63) is 47.9 Å². The number of anilines is 1. The van der Waals surface area contributed by atoms with Gasteiger partial charge in [-0.3, -0.25) is 0 Å². The van der Waals surface area contributed by atoms with Crippen molar-refractivity contribution in [3.8, 4) is 17.9 Å². The zero-order valence-electron chi connectivity index (χ0n) is 21.2. The van der Waals surface area contributed by atoms with Crippen LogP contribution in [0, 0.1) is 22.7 Å². The number of nitrogens with zero attached hydrogens (tertiary/aromatic N) is 3. The zero-order valence-corrected chi connectivity index (χ0v) is 21.2. The van der Waals surface area contributed by atoms with Crippen LogP contribution in [0.1, 0.15) is 110 Å². The van der Waals surface area contributed by atoms with E-state index in [9.17, 15) is 0 Å². The van der Waals surface area contributed by atoms with Crippen LogP contribution in [0.2, 0.25) is 0 Å². The van der Waals surface area contributed by atoms with E-state index in [-0.39, 0.29) is 5.57 Å². The van der Waals surface area contributed by atoms with Crippen LogP contribution in [-0.2, 0) is 0 Å². The van der Waals surface area contributed by atoms with Crippen molar-refractivity contribution in [2.75, 3.05) is 11.4 Å². The lowest BCUT2D eigenvalue weighted by Gasteiger charge is -2.18. The lowest BCUT2D eigenvalue weighted by Crippen LogP contribution is -2.21. The molecule has 184 valence electrons. The van der Waals surface area contributed by atoms with E-state index in [0.29, 0.717) is 5.88 Å². The Morgan fingerprint density at radius 3 is 1.79 bits per heavy atom. The summed E-state index contributed by atoms with van der Waals surface area (Å²) >= 11 is 0.